The van der Waals surface area contributed by atoms with Crippen LogP contribution in [0.1, 0.15) is 30.9 Å². The maximum atomic E-state index is 6.06. The van der Waals surface area contributed by atoms with E-state index in [4.69, 9.17) is 9.47 Å². The molecule has 100 valence electrons. The summed E-state index contributed by atoms with van der Waals surface area (Å²) < 4.78 is 11.7. The van der Waals surface area contributed by atoms with Crippen molar-refractivity contribution in [3.63, 3.8) is 0 Å². The predicted octanol–water partition coefficient (Wildman–Crippen LogP) is 2.48. The van der Waals surface area contributed by atoms with Crippen molar-refractivity contribution in [1.29, 1.82) is 0 Å². The number of halogens is 1. The summed E-state index contributed by atoms with van der Waals surface area (Å²) in [5.74, 6) is 1.44. The monoisotopic (exact) mass is 269 g/mol. The lowest BCUT2D eigenvalue weighted by molar-refractivity contribution is -0.0526. The van der Waals surface area contributed by atoms with Crippen molar-refractivity contribution in [2.75, 3.05) is 19.7 Å². The van der Waals surface area contributed by atoms with Crippen LogP contribution in [-0.2, 0) is 11.3 Å². The summed E-state index contributed by atoms with van der Waals surface area (Å²) in [6.45, 7) is 7.53. The summed E-state index contributed by atoms with van der Waals surface area (Å²) in [6, 6.07) is 6.35. The van der Waals surface area contributed by atoms with Crippen LogP contribution in [0.15, 0.2) is 18.2 Å². The Morgan fingerprint density at radius 1 is 1.50 bits per heavy atom. The Kier molecular flexibility index (Phi) is 3.85. The minimum absolute atomic E-state index is 0. The molecule has 0 amide bonds. The second kappa shape index (κ2) is 5.08. The molecule has 1 aromatic rings. The van der Waals surface area contributed by atoms with Gasteiger partial charge < -0.3 is 14.8 Å². The molecule has 1 N–H and O–H groups in total. The minimum atomic E-state index is -0.0438. The Balaban J connectivity index is 0.00000120. The number of benzene rings is 1. The maximum Gasteiger partial charge on any atom is 0.125 e. The third-order valence-corrected chi connectivity index (χ3v) is 3.95. The van der Waals surface area contributed by atoms with E-state index in [0.29, 0.717) is 19.1 Å². The van der Waals surface area contributed by atoms with E-state index < -0.39 is 0 Å². The maximum absolute atomic E-state index is 6.06. The van der Waals surface area contributed by atoms with Gasteiger partial charge in [-0.1, -0.05) is 12.1 Å². The van der Waals surface area contributed by atoms with E-state index in [1.165, 1.54) is 11.1 Å². The van der Waals surface area contributed by atoms with Gasteiger partial charge in [-0.15, -0.1) is 12.4 Å². The Bertz CT molecular complexity index is 438. The van der Waals surface area contributed by atoms with Crippen LogP contribution in [-0.4, -0.2) is 25.3 Å². The van der Waals surface area contributed by atoms with Gasteiger partial charge in [0, 0.05) is 24.6 Å². The Labute approximate surface area is 114 Å². The highest BCUT2D eigenvalue weighted by Gasteiger charge is 2.45. The first-order chi connectivity index (χ1) is 8.24. The molecule has 2 atom stereocenters. The Hall–Kier alpha value is -0.770. The molecule has 1 fully saturated rings. The van der Waals surface area contributed by atoms with E-state index in [0.717, 1.165) is 18.8 Å². The average Bonchev–Trinajstić information content (AvgIpc) is 2.72. The topological polar surface area (TPSA) is 30.5 Å². The Morgan fingerprint density at radius 3 is 3.11 bits per heavy atom. The molecule has 3 rings (SSSR count). The Morgan fingerprint density at radius 2 is 2.33 bits per heavy atom. The quantitative estimate of drug-likeness (QED) is 0.895. The molecule has 3 nitrogen and oxygen atoms in total. The second-order valence-electron chi connectivity index (χ2n) is 5.04. The van der Waals surface area contributed by atoms with Crippen LogP contribution in [0.2, 0.25) is 0 Å². The molecule has 2 heterocycles. The van der Waals surface area contributed by atoms with Crippen molar-refractivity contribution < 1.29 is 9.47 Å². The van der Waals surface area contributed by atoms with Crippen molar-refractivity contribution in [2.45, 2.75) is 32.0 Å². The number of hydrogen-bond donors (Lipinski definition) is 1. The lowest BCUT2D eigenvalue weighted by Gasteiger charge is -2.37. The van der Waals surface area contributed by atoms with Crippen LogP contribution in [0.5, 0.6) is 5.75 Å². The fraction of sp³-hybridized carbons (Fsp3) is 0.571. The van der Waals surface area contributed by atoms with Crippen molar-refractivity contribution >= 4 is 12.4 Å². The highest BCUT2D eigenvalue weighted by molar-refractivity contribution is 5.85. The van der Waals surface area contributed by atoms with Crippen LogP contribution in [0.4, 0.5) is 0 Å². The van der Waals surface area contributed by atoms with Crippen LogP contribution in [0, 0.1) is 0 Å². The minimum Gasteiger partial charge on any atom is -0.493 e. The van der Waals surface area contributed by atoms with Crippen molar-refractivity contribution in [1.82, 2.24) is 5.32 Å². The molecule has 1 saturated heterocycles. The lowest BCUT2D eigenvalue weighted by Crippen LogP contribution is -2.39. The van der Waals surface area contributed by atoms with Gasteiger partial charge in [-0.25, -0.2) is 0 Å². The predicted molar refractivity (Wildman–Crippen MR) is 73.7 cm³/mol. The molecule has 0 aliphatic carbocycles. The van der Waals surface area contributed by atoms with Gasteiger partial charge in [-0.2, -0.15) is 0 Å². The van der Waals surface area contributed by atoms with E-state index in [2.05, 4.69) is 24.4 Å². The average molecular weight is 270 g/mol. The van der Waals surface area contributed by atoms with E-state index in [9.17, 15) is 0 Å². The van der Waals surface area contributed by atoms with E-state index in [-0.39, 0.29) is 18.0 Å². The highest BCUT2D eigenvalue weighted by atomic mass is 35.5. The number of ether oxygens (including phenoxy) is 2. The molecule has 0 saturated carbocycles. The van der Waals surface area contributed by atoms with E-state index in [1.54, 1.807) is 0 Å². The fourth-order valence-corrected chi connectivity index (χ4v) is 2.99. The first kappa shape index (κ1) is 13.7. The summed E-state index contributed by atoms with van der Waals surface area (Å²) in [6.07, 6.45) is 0. The second-order valence-corrected chi connectivity index (χ2v) is 5.04. The lowest BCUT2D eigenvalue weighted by atomic mass is 9.81. The summed E-state index contributed by atoms with van der Waals surface area (Å²) in [5.41, 5.74) is 2.59. The smallest absolute Gasteiger partial charge is 0.125 e. The van der Waals surface area contributed by atoms with Gasteiger partial charge in [-0.05, 0) is 25.5 Å². The normalized spacial score (nSPS) is 29.1. The molecule has 0 spiro atoms. The molecule has 2 aliphatic rings. The third kappa shape index (κ3) is 2.00. The summed E-state index contributed by atoms with van der Waals surface area (Å²) in [4.78, 5) is 0. The molecular weight excluding hydrogens is 250 g/mol. The van der Waals surface area contributed by atoms with Crippen LogP contribution < -0.4 is 10.1 Å². The van der Waals surface area contributed by atoms with Gasteiger partial charge in [-0.3, -0.25) is 0 Å². The van der Waals surface area contributed by atoms with Crippen molar-refractivity contribution in [3.8, 4) is 5.75 Å². The summed E-state index contributed by atoms with van der Waals surface area (Å²) in [7, 11) is 0. The van der Waals surface area contributed by atoms with Crippen LogP contribution in [0.25, 0.3) is 0 Å². The highest BCUT2D eigenvalue weighted by Crippen LogP contribution is 2.43. The number of hydrogen-bond acceptors (Lipinski definition) is 3. The zero-order valence-electron chi connectivity index (χ0n) is 10.9. The fourth-order valence-electron chi connectivity index (χ4n) is 2.99. The van der Waals surface area contributed by atoms with Crippen molar-refractivity contribution in [3.05, 3.63) is 29.3 Å². The first-order valence-electron chi connectivity index (χ1n) is 6.34. The standard InChI is InChI=1S/C14H19NO2.ClH/c1-3-16-13-6-4-5-10-11(13)8-17-14(2)9-15-7-12(10)14;/h4-6,12,15H,3,7-9H2,1-2H3;1H. The molecule has 2 unspecified atom stereocenters. The van der Waals surface area contributed by atoms with Gasteiger partial charge in [0.1, 0.15) is 5.75 Å². The molecule has 1 aromatic carbocycles. The summed E-state index contributed by atoms with van der Waals surface area (Å²) >= 11 is 0. The van der Waals surface area contributed by atoms with Crippen LogP contribution in [0.3, 0.4) is 0 Å². The molecule has 4 heteroatoms. The molecule has 2 aliphatic heterocycles. The number of fused-ring (bicyclic) bond motifs is 3. The third-order valence-electron chi connectivity index (χ3n) is 3.95. The first-order valence-corrected chi connectivity index (χ1v) is 6.34. The largest absolute Gasteiger partial charge is 0.493 e. The number of rotatable bonds is 2. The molecule has 0 aromatic heterocycles. The zero-order valence-corrected chi connectivity index (χ0v) is 11.7. The van der Waals surface area contributed by atoms with Gasteiger partial charge in [0.15, 0.2) is 0 Å². The SMILES string of the molecule is CCOc1cccc2c1COC1(C)CNCC21.Cl. The molecule has 0 radical (unpaired) electrons. The van der Waals surface area contributed by atoms with Crippen molar-refractivity contribution in [2.24, 2.45) is 0 Å². The van der Waals surface area contributed by atoms with Gasteiger partial charge >= 0.3 is 0 Å². The molecule has 18 heavy (non-hydrogen) atoms. The molecule has 0 bridgehead atoms. The van der Waals surface area contributed by atoms with E-state index >= 15 is 0 Å². The van der Waals surface area contributed by atoms with Gasteiger partial charge in [0.25, 0.3) is 0 Å². The zero-order chi connectivity index (χ0) is 11.9. The number of nitrogens with one attached hydrogen (secondary N) is 1. The summed E-state index contributed by atoms with van der Waals surface area (Å²) in [5, 5.41) is 3.43. The van der Waals surface area contributed by atoms with Gasteiger partial charge in [0.2, 0.25) is 0 Å². The van der Waals surface area contributed by atoms with E-state index in [1.807, 2.05) is 13.0 Å². The van der Waals surface area contributed by atoms with Gasteiger partial charge in [0.05, 0.1) is 18.8 Å². The molecular formula is C14H20ClNO2. The van der Waals surface area contributed by atoms with Crippen LogP contribution >= 0.6 is 12.4 Å².